The van der Waals surface area contributed by atoms with Crippen LogP contribution in [0.25, 0.3) is 11.5 Å². The van der Waals surface area contributed by atoms with E-state index in [2.05, 4.69) is 10.2 Å². The summed E-state index contributed by atoms with van der Waals surface area (Å²) in [4.78, 5) is 13.8. The zero-order chi connectivity index (χ0) is 16.2. The zero-order valence-electron chi connectivity index (χ0n) is 13.5. The number of hydrogen-bond donors (Lipinski definition) is 0. The molecule has 0 saturated carbocycles. The summed E-state index contributed by atoms with van der Waals surface area (Å²) < 4.78 is 11.2. The second kappa shape index (κ2) is 6.81. The quantitative estimate of drug-likeness (QED) is 0.868. The van der Waals surface area contributed by atoms with Gasteiger partial charge in [0.25, 0.3) is 5.89 Å². The van der Waals surface area contributed by atoms with E-state index < -0.39 is 0 Å². The predicted octanol–water partition coefficient (Wildman–Crippen LogP) is 2.86. The molecule has 1 fully saturated rings. The molecule has 122 valence electrons. The van der Waals surface area contributed by atoms with Crippen molar-refractivity contribution in [1.82, 2.24) is 15.1 Å². The lowest BCUT2D eigenvalue weighted by Gasteiger charge is -2.30. The van der Waals surface area contributed by atoms with Gasteiger partial charge in [-0.15, -0.1) is 10.2 Å². The van der Waals surface area contributed by atoms with Crippen LogP contribution in [0.2, 0.25) is 0 Å². The van der Waals surface area contributed by atoms with Gasteiger partial charge in [0.2, 0.25) is 11.8 Å². The Labute approximate surface area is 135 Å². The fourth-order valence-electron chi connectivity index (χ4n) is 2.96. The molecule has 6 nitrogen and oxygen atoms in total. The van der Waals surface area contributed by atoms with Crippen molar-refractivity contribution in [2.75, 3.05) is 20.2 Å². The van der Waals surface area contributed by atoms with Crippen LogP contribution in [0.5, 0.6) is 5.75 Å². The van der Waals surface area contributed by atoms with E-state index in [1.54, 1.807) is 7.11 Å². The van der Waals surface area contributed by atoms with Crippen molar-refractivity contribution in [2.45, 2.75) is 32.1 Å². The molecule has 0 spiro atoms. The molecule has 1 saturated heterocycles. The van der Waals surface area contributed by atoms with Gasteiger partial charge in [-0.25, -0.2) is 0 Å². The lowest BCUT2D eigenvalue weighted by atomic mass is 9.98. The van der Waals surface area contributed by atoms with Gasteiger partial charge in [0.15, 0.2) is 0 Å². The topological polar surface area (TPSA) is 68.5 Å². The highest BCUT2D eigenvalue weighted by Gasteiger charge is 2.28. The summed E-state index contributed by atoms with van der Waals surface area (Å²) in [6.45, 7) is 3.36. The zero-order valence-corrected chi connectivity index (χ0v) is 13.5. The molecule has 6 heteroatoms. The third-order valence-electron chi connectivity index (χ3n) is 4.20. The summed E-state index contributed by atoms with van der Waals surface area (Å²) in [5.41, 5.74) is 0.783. The van der Waals surface area contributed by atoms with Gasteiger partial charge in [-0.3, -0.25) is 4.79 Å². The van der Waals surface area contributed by atoms with Gasteiger partial charge in [-0.2, -0.15) is 0 Å². The summed E-state index contributed by atoms with van der Waals surface area (Å²) in [6.07, 6.45) is 2.45. The van der Waals surface area contributed by atoms with Gasteiger partial charge in [0.1, 0.15) is 5.75 Å². The van der Waals surface area contributed by atoms with E-state index in [1.807, 2.05) is 36.1 Å². The molecule has 0 N–H and O–H groups in total. The van der Waals surface area contributed by atoms with Gasteiger partial charge in [-0.05, 0) is 25.0 Å². The van der Waals surface area contributed by atoms with Crippen molar-refractivity contribution in [3.63, 3.8) is 0 Å². The van der Waals surface area contributed by atoms with Crippen LogP contribution in [0.3, 0.4) is 0 Å². The first-order valence-electron chi connectivity index (χ1n) is 7.97. The average Bonchev–Trinajstić information content (AvgIpc) is 3.11. The van der Waals surface area contributed by atoms with E-state index in [-0.39, 0.29) is 11.8 Å². The minimum atomic E-state index is 0.107. The second-order valence-corrected chi connectivity index (χ2v) is 5.68. The molecule has 0 aliphatic carbocycles. The molecular formula is C17H21N3O3. The Bertz CT molecular complexity index is 683. The Hall–Kier alpha value is -2.37. The van der Waals surface area contributed by atoms with E-state index in [9.17, 15) is 4.79 Å². The fraction of sp³-hybridized carbons (Fsp3) is 0.471. The molecule has 1 amide bonds. The Kier molecular flexibility index (Phi) is 4.60. The van der Waals surface area contributed by atoms with Crippen molar-refractivity contribution < 1.29 is 13.9 Å². The maximum Gasteiger partial charge on any atom is 0.251 e. The van der Waals surface area contributed by atoms with Gasteiger partial charge < -0.3 is 14.1 Å². The van der Waals surface area contributed by atoms with Crippen molar-refractivity contribution in [2.24, 2.45) is 0 Å². The smallest absolute Gasteiger partial charge is 0.251 e. The van der Waals surface area contributed by atoms with Crippen LogP contribution >= 0.6 is 0 Å². The molecule has 1 aromatic heterocycles. The molecule has 0 bridgehead atoms. The van der Waals surface area contributed by atoms with Crippen LogP contribution < -0.4 is 4.74 Å². The molecular weight excluding hydrogens is 294 g/mol. The maximum atomic E-state index is 11.9. The lowest BCUT2D eigenvalue weighted by molar-refractivity contribution is -0.132. The highest BCUT2D eigenvalue weighted by Crippen LogP contribution is 2.32. The molecule has 2 aromatic rings. The number of benzene rings is 1. The highest BCUT2D eigenvalue weighted by molar-refractivity contribution is 5.76. The molecule has 1 atom stereocenters. The maximum absolute atomic E-state index is 11.9. The van der Waals surface area contributed by atoms with Crippen LogP contribution in [0.4, 0.5) is 0 Å². The molecule has 1 aliphatic heterocycles. The first kappa shape index (κ1) is 15.5. The van der Waals surface area contributed by atoms with Crippen LogP contribution in [-0.4, -0.2) is 41.2 Å². The Balaban J connectivity index is 1.80. The van der Waals surface area contributed by atoms with E-state index in [1.165, 1.54) is 0 Å². The number of aromatic nitrogens is 2. The SMILES string of the molecule is CCC(=O)N1CCC[C@@H](c2nnc(-c3ccccc3OC)o2)C1. The number of hydrogen-bond acceptors (Lipinski definition) is 5. The van der Waals surface area contributed by atoms with Crippen molar-refractivity contribution in [3.05, 3.63) is 30.2 Å². The first-order chi connectivity index (χ1) is 11.2. The van der Waals surface area contributed by atoms with Crippen LogP contribution in [-0.2, 0) is 4.79 Å². The van der Waals surface area contributed by atoms with E-state index in [4.69, 9.17) is 9.15 Å². The number of carbonyl (C=O) groups is 1. The standard InChI is InChI=1S/C17H21N3O3/c1-3-15(21)20-10-6-7-12(11-20)16-18-19-17(23-16)13-8-4-5-9-14(13)22-2/h4-5,8-9,12H,3,6-7,10-11H2,1-2H3/t12-/m1/s1. The molecule has 0 radical (unpaired) electrons. The molecule has 0 unspecified atom stereocenters. The van der Waals surface area contributed by atoms with Crippen LogP contribution in [0, 0.1) is 0 Å². The number of methoxy groups -OCH3 is 1. The number of carbonyl (C=O) groups excluding carboxylic acids is 1. The number of piperidine rings is 1. The Morgan fingerprint density at radius 3 is 3.00 bits per heavy atom. The van der Waals surface area contributed by atoms with Gasteiger partial charge in [0.05, 0.1) is 18.6 Å². The summed E-state index contributed by atoms with van der Waals surface area (Å²) in [7, 11) is 1.62. The minimum absolute atomic E-state index is 0.107. The van der Waals surface area contributed by atoms with E-state index in [0.717, 1.165) is 24.9 Å². The minimum Gasteiger partial charge on any atom is -0.496 e. The average molecular weight is 315 g/mol. The van der Waals surface area contributed by atoms with Crippen molar-refractivity contribution in [3.8, 4) is 17.2 Å². The summed E-state index contributed by atoms with van der Waals surface area (Å²) in [6, 6.07) is 7.56. The number of para-hydroxylation sites is 1. The molecule has 3 rings (SSSR count). The summed E-state index contributed by atoms with van der Waals surface area (Å²) in [5, 5.41) is 8.36. The third-order valence-corrected chi connectivity index (χ3v) is 4.20. The fourth-order valence-corrected chi connectivity index (χ4v) is 2.96. The number of rotatable bonds is 4. The normalized spacial score (nSPS) is 18.0. The Morgan fingerprint density at radius 1 is 1.39 bits per heavy atom. The van der Waals surface area contributed by atoms with Crippen molar-refractivity contribution in [1.29, 1.82) is 0 Å². The largest absolute Gasteiger partial charge is 0.496 e. The highest BCUT2D eigenvalue weighted by atomic mass is 16.5. The van der Waals surface area contributed by atoms with Crippen LogP contribution in [0.15, 0.2) is 28.7 Å². The third kappa shape index (κ3) is 3.21. The van der Waals surface area contributed by atoms with Crippen LogP contribution in [0.1, 0.15) is 38.0 Å². The Morgan fingerprint density at radius 2 is 2.22 bits per heavy atom. The number of likely N-dealkylation sites (tertiary alicyclic amines) is 1. The summed E-state index contributed by atoms with van der Waals surface area (Å²) >= 11 is 0. The second-order valence-electron chi connectivity index (χ2n) is 5.68. The first-order valence-corrected chi connectivity index (χ1v) is 7.97. The molecule has 1 aromatic carbocycles. The van der Waals surface area contributed by atoms with E-state index >= 15 is 0 Å². The number of nitrogens with zero attached hydrogens (tertiary/aromatic N) is 3. The number of ether oxygens (including phenoxy) is 1. The van der Waals surface area contributed by atoms with Gasteiger partial charge >= 0.3 is 0 Å². The lowest BCUT2D eigenvalue weighted by Crippen LogP contribution is -2.38. The predicted molar refractivity (Wildman–Crippen MR) is 85.1 cm³/mol. The van der Waals surface area contributed by atoms with Gasteiger partial charge in [0, 0.05) is 19.5 Å². The molecule has 23 heavy (non-hydrogen) atoms. The monoisotopic (exact) mass is 315 g/mol. The molecule has 2 heterocycles. The van der Waals surface area contributed by atoms with Crippen molar-refractivity contribution >= 4 is 5.91 Å². The van der Waals surface area contributed by atoms with Gasteiger partial charge in [-0.1, -0.05) is 19.1 Å². The van der Waals surface area contributed by atoms with E-state index in [0.29, 0.717) is 30.5 Å². The summed E-state index contributed by atoms with van der Waals surface area (Å²) in [5.74, 6) is 2.04. The number of amides is 1. The molecule has 1 aliphatic rings.